The van der Waals surface area contributed by atoms with Crippen molar-refractivity contribution in [1.82, 2.24) is 20.2 Å². The van der Waals surface area contributed by atoms with Crippen LogP contribution in [0.5, 0.6) is 5.75 Å². The number of carbonyl (C=O) groups is 1. The fraction of sp³-hybridized carbons (Fsp3) is 0.238. The van der Waals surface area contributed by atoms with Crippen LogP contribution in [0.4, 0.5) is 0 Å². The summed E-state index contributed by atoms with van der Waals surface area (Å²) in [5.41, 5.74) is 5.57. The molecule has 0 aliphatic rings. The normalized spacial score (nSPS) is 11.0. The maximum absolute atomic E-state index is 12.1. The number of methoxy groups -OCH3 is 1. The quantitative estimate of drug-likeness (QED) is 0.350. The van der Waals surface area contributed by atoms with Crippen LogP contribution in [0.25, 0.3) is 11.4 Å². The zero-order valence-electron chi connectivity index (χ0n) is 16.6. The molecule has 7 nitrogen and oxygen atoms in total. The monoisotopic (exact) mass is 409 g/mol. The van der Waals surface area contributed by atoms with Gasteiger partial charge in [0, 0.05) is 12.1 Å². The predicted octanol–water partition coefficient (Wildman–Crippen LogP) is 3.52. The van der Waals surface area contributed by atoms with Crippen LogP contribution in [0.2, 0.25) is 0 Å². The molecule has 3 rings (SSSR count). The van der Waals surface area contributed by atoms with E-state index >= 15 is 0 Å². The van der Waals surface area contributed by atoms with E-state index in [0.29, 0.717) is 11.7 Å². The molecule has 0 fully saturated rings. The molecule has 8 heteroatoms. The maximum Gasteiger partial charge on any atom is 0.250 e. The van der Waals surface area contributed by atoms with E-state index in [1.165, 1.54) is 11.8 Å². The Kier molecular flexibility index (Phi) is 7.02. The summed E-state index contributed by atoms with van der Waals surface area (Å²) < 4.78 is 7.18. The second-order valence-electron chi connectivity index (χ2n) is 6.27. The van der Waals surface area contributed by atoms with E-state index in [1.54, 1.807) is 13.3 Å². The van der Waals surface area contributed by atoms with Crippen LogP contribution in [0.15, 0.2) is 58.8 Å². The third-order valence-corrected chi connectivity index (χ3v) is 5.13. The fourth-order valence-corrected chi connectivity index (χ4v) is 3.52. The van der Waals surface area contributed by atoms with Crippen molar-refractivity contribution in [2.45, 2.75) is 25.5 Å². The van der Waals surface area contributed by atoms with Crippen LogP contribution >= 0.6 is 11.8 Å². The Morgan fingerprint density at radius 3 is 2.72 bits per heavy atom. The molecule has 0 radical (unpaired) electrons. The van der Waals surface area contributed by atoms with Gasteiger partial charge in [0.25, 0.3) is 5.91 Å². The lowest BCUT2D eigenvalue weighted by molar-refractivity contribution is -0.118. The molecule has 1 N–H and O–H groups in total. The highest BCUT2D eigenvalue weighted by Crippen LogP contribution is 2.25. The summed E-state index contributed by atoms with van der Waals surface area (Å²) in [6.45, 7) is 4.73. The summed E-state index contributed by atoms with van der Waals surface area (Å²) >= 11 is 1.33. The van der Waals surface area contributed by atoms with Gasteiger partial charge in [0.05, 0.1) is 19.1 Å². The Balaban J connectivity index is 1.60. The van der Waals surface area contributed by atoms with Gasteiger partial charge in [-0.3, -0.25) is 4.79 Å². The van der Waals surface area contributed by atoms with Crippen molar-refractivity contribution in [3.63, 3.8) is 0 Å². The van der Waals surface area contributed by atoms with Crippen molar-refractivity contribution in [1.29, 1.82) is 0 Å². The zero-order chi connectivity index (χ0) is 20.6. The lowest BCUT2D eigenvalue weighted by Gasteiger charge is -2.07. The number of ether oxygens (including phenoxy) is 1. The number of hydrazone groups is 1. The van der Waals surface area contributed by atoms with Gasteiger partial charge >= 0.3 is 0 Å². The highest BCUT2D eigenvalue weighted by molar-refractivity contribution is 7.99. The van der Waals surface area contributed by atoms with Crippen LogP contribution in [0.3, 0.4) is 0 Å². The standard InChI is InChI=1S/C21H23N5O2S/c1-4-26-20(17-8-10-18(28-3)11-9-17)24-25-21(26)29-14-19(27)23-22-13-16-7-5-6-15(2)12-16/h5-13H,4,14H2,1-3H3,(H,23,27). The molecule has 0 saturated heterocycles. The summed E-state index contributed by atoms with van der Waals surface area (Å²) in [6, 6.07) is 15.5. The lowest BCUT2D eigenvalue weighted by atomic mass is 10.2. The molecule has 0 aliphatic heterocycles. The Hall–Kier alpha value is -3.13. The first kappa shape index (κ1) is 20.6. The summed E-state index contributed by atoms with van der Waals surface area (Å²) in [5, 5.41) is 13.2. The van der Waals surface area contributed by atoms with Crippen LogP contribution in [0.1, 0.15) is 18.1 Å². The van der Waals surface area contributed by atoms with Gasteiger partial charge in [-0.25, -0.2) is 5.43 Å². The molecule has 29 heavy (non-hydrogen) atoms. The summed E-state index contributed by atoms with van der Waals surface area (Å²) in [7, 11) is 1.63. The number of aromatic nitrogens is 3. The van der Waals surface area contributed by atoms with Gasteiger partial charge < -0.3 is 9.30 Å². The number of nitrogens with one attached hydrogen (secondary N) is 1. The SMILES string of the molecule is CCn1c(SCC(=O)NN=Cc2cccc(C)c2)nnc1-c1ccc(OC)cc1. The van der Waals surface area contributed by atoms with Crippen molar-refractivity contribution in [3.8, 4) is 17.1 Å². The largest absolute Gasteiger partial charge is 0.497 e. The van der Waals surface area contributed by atoms with Crippen molar-refractivity contribution >= 4 is 23.9 Å². The molecule has 0 bridgehead atoms. The minimum atomic E-state index is -0.199. The van der Waals surface area contributed by atoms with Gasteiger partial charge in [-0.15, -0.1) is 10.2 Å². The van der Waals surface area contributed by atoms with Crippen molar-refractivity contribution in [2.75, 3.05) is 12.9 Å². The molecule has 1 aromatic heterocycles. The van der Waals surface area contributed by atoms with Gasteiger partial charge in [0.1, 0.15) is 5.75 Å². The molecule has 0 saturated carbocycles. The third-order valence-electron chi connectivity index (χ3n) is 4.16. The smallest absolute Gasteiger partial charge is 0.250 e. The van der Waals surface area contributed by atoms with E-state index in [0.717, 1.165) is 28.3 Å². The molecule has 0 unspecified atom stereocenters. The van der Waals surface area contributed by atoms with Gasteiger partial charge in [-0.1, -0.05) is 41.6 Å². The predicted molar refractivity (Wildman–Crippen MR) is 115 cm³/mol. The second-order valence-corrected chi connectivity index (χ2v) is 7.22. The van der Waals surface area contributed by atoms with Crippen LogP contribution in [-0.2, 0) is 11.3 Å². The average Bonchev–Trinajstić information content (AvgIpc) is 3.15. The Labute approximate surface area is 174 Å². The number of carbonyl (C=O) groups excluding carboxylic acids is 1. The van der Waals surface area contributed by atoms with E-state index in [2.05, 4.69) is 20.7 Å². The van der Waals surface area contributed by atoms with Gasteiger partial charge in [0.2, 0.25) is 0 Å². The molecule has 0 atom stereocenters. The minimum absolute atomic E-state index is 0.199. The molecule has 0 aliphatic carbocycles. The Morgan fingerprint density at radius 2 is 2.03 bits per heavy atom. The number of nitrogens with zero attached hydrogens (tertiary/aromatic N) is 4. The number of aryl methyl sites for hydroxylation is 1. The van der Waals surface area contributed by atoms with Gasteiger partial charge in [-0.05, 0) is 43.7 Å². The van der Waals surface area contributed by atoms with Crippen LogP contribution in [-0.4, -0.2) is 39.7 Å². The lowest BCUT2D eigenvalue weighted by Crippen LogP contribution is -2.20. The topological polar surface area (TPSA) is 81.4 Å². The summed E-state index contributed by atoms with van der Waals surface area (Å²) in [4.78, 5) is 12.1. The number of hydrogen-bond donors (Lipinski definition) is 1. The number of benzene rings is 2. The Morgan fingerprint density at radius 1 is 1.24 bits per heavy atom. The zero-order valence-corrected chi connectivity index (χ0v) is 17.4. The first-order valence-corrected chi connectivity index (χ1v) is 10.2. The van der Waals surface area contributed by atoms with Gasteiger partial charge in [0.15, 0.2) is 11.0 Å². The number of amides is 1. The van der Waals surface area contributed by atoms with E-state index in [1.807, 2.05) is 66.9 Å². The van der Waals surface area contributed by atoms with E-state index in [4.69, 9.17) is 4.74 Å². The number of hydrogen-bond acceptors (Lipinski definition) is 6. The first-order valence-electron chi connectivity index (χ1n) is 9.19. The van der Waals surface area contributed by atoms with Crippen LogP contribution < -0.4 is 10.2 Å². The molecule has 2 aromatic carbocycles. The van der Waals surface area contributed by atoms with Crippen molar-refractivity contribution < 1.29 is 9.53 Å². The molecule has 150 valence electrons. The molecule has 1 amide bonds. The molecule has 3 aromatic rings. The van der Waals surface area contributed by atoms with E-state index < -0.39 is 0 Å². The fourth-order valence-electron chi connectivity index (χ4n) is 2.73. The number of thioether (sulfide) groups is 1. The number of rotatable bonds is 8. The molecule has 0 spiro atoms. The van der Waals surface area contributed by atoms with Gasteiger partial charge in [-0.2, -0.15) is 5.10 Å². The highest BCUT2D eigenvalue weighted by Gasteiger charge is 2.14. The molecule has 1 heterocycles. The van der Waals surface area contributed by atoms with E-state index in [-0.39, 0.29) is 11.7 Å². The molecular formula is C21H23N5O2S. The molecular weight excluding hydrogens is 386 g/mol. The second kappa shape index (κ2) is 9.88. The van der Waals surface area contributed by atoms with Crippen LogP contribution in [0, 0.1) is 6.92 Å². The highest BCUT2D eigenvalue weighted by atomic mass is 32.2. The van der Waals surface area contributed by atoms with E-state index in [9.17, 15) is 4.79 Å². The summed E-state index contributed by atoms with van der Waals surface area (Å²) in [6.07, 6.45) is 1.63. The first-order chi connectivity index (χ1) is 14.1. The average molecular weight is 410 g/mol. The van der Waals surface area contributed by atoms with Crippen molar-refractivity contribution in [2.24, 2.45) is 5.10 Å². The van der Waals surface area contributed by atoms with Crippen molar-refractivity contribution in [3.05, 3.63) is 59.7 Å². The Bertz CT molecular complexity index is 999. The minimum Gasteiger partial charge on any atom is -0.497 e. The third kappa shape index (κ3) is 5.45. The maximum atomic E-state index is 12.1. The summed E-state index contributed by atoms with van der Waals surface area (Å²) in [5.74, 6) is 1.55.